The minimum Gasteiger partial charge on any atom is -0.480 e. The smallest absolute Gasteiger partial charge is 0.455 e. The zero-order chi connectivity index (χ0) is 31.5. The van der Waals surface area contributed by atoms with Crippen LogP contribution >= 0.6 is 0 Å². The first-order valence-electron chi connectivity index (χ1n) is 12.4. The van der Waals surface area contributed by atoms with E-state index in [-0.39, 0.29) is 17.0 Å². The molecule has 0 saturated heterocycles. The summed E-state index contributed by atoms with van der Waals surface area (Å²) in [5.74, 6) is -6.46. The Hall–Kier alpha value is -4.04. The molecule has 0 fully saturated rings. The second kappa shape index (κ2) is 12.4. The maximum absolute atomic E-state index is 13.1. The lowest BCUT2D eigenvalue weighted by atomic mass is 10.0. The van der Waals surface area contributed by atoms with Crippen LogP contribution in [-0.4, -0.2) is 50.2 Å². The highest BCUT2D eigenvalue weighted by Gasteiger charge is 2.57. The number of aryl methyl sites for hydroxylation is 3. The molecule has 0 spiro atoms. The van der Waals surface area contributed by atoms with Gasteiger partial charge in [0.2, 0.25) is 10.0 Å². The van der Waals surface area contributed by atoms with Crippen LogP contribution in [0.15, 0.2) is 65.6 Å². The Morgan fingerprint density at radius 2 is 1.48 bits per heavy atom. The standard InChI is InChI=1S/C28H28F5N3O5S/c1-16-11-17(2)24(18(3)12-16)42(40,41)36-23(25(37)38)13-19-7-9-20(10-8-19)21-5-4-6-22(14-21)35-26(39)34-15-27(29,30)28(31,32)33/h4-12,14,23,36H,13,15H2,1-3H3,(H,37,38)(H2,34,35,39). The number of anilines is 1. The summed E-state index contributed by atoms with van der Waals surface area (Å²) in [5.41, 5.74) is 3.61. The number of urea groups is 1. The average Bonchev–Trinajstić information content (AvgIpc) is 2.86. The number of halogens is 5. The fourth-order valence-electron chi connectivity index (χ4n) is 4.33. The summed E-state index contributed by atoms with van der Waals surface area (Å²) in [4.78, 5) is 23.8. The number of carboxylic acid groups (broad SMARTS) is 1. The quantitative estimate of drug-likeness (QED) is 0.223. The number of hydrogen-bond acceptors (Lipinski definition) is 4. The van der Waals surface area contributed by atoms with Crippen LogP contribution in [0.5, 0.6) is 0 Å². The lowest BCUT2D eigenvalue weighted by Crippen LogP contribution is -2.47. The van der Waals surface area contributed by atoms with Crippen LogP contribution in [0.25, 0.3) is 11.1 Å². The van der Waals surface area contributed by atoms with E-state index in [1.165, 1.54) is 23.5 Å². The van der Waals surface area contributed by atoms with Crippen molar-refractivity contribution in [3.63, 3.8) is 0 Å². The summed E-state index contributed by atoms with van der Waals surface area (Å²) in [6.07, 6.45) is -5.97. The van der Waals surface area contributed by atoms with E-state index in [1.54, 1.807) is 56.3 Å². The van der Waals surface area contributed by atoms with Crippen molar-refractivity contribution in [3.8, 4) is 11.1 Å². The molecule has 0 heterocycles. The normalized spacial score (nSPS) is 13.0. The van der Waals surface area contributed by atoms with Crippen molar-refractivity contribution in [1.29, 1.82) is 0 Å². The molecule has 1 atom stereocenters. The Bertz CT molecular complexity index is 1550. The number of carbonyl (C=O) groups is 2. The van der Waals surface area contributed by atoms with Crippen molar-refractivity contribution in [2.75, 3.05) is 11.9 Å². The van der Waals surface area contributed by atoms with Gasteiger partial charge < -0.3 is 15.7 Å². The van der Waals surface area contributed by atoms with Crippen molar-refractivity contribution < 1.29 is 45.1 Å². The van der Waals surface area contributed by atoms with Crippen molar-refractivity contribution >= 4 is 27.7 Å². The van der Waals surface area contributed by atoms with Crippen LogP contribution in [0.1, 0.15) is 22.3 Å². The number of carbonyl (C=O) groups excluding carboxylic acids is 1. The van der Waals surface area contributed by atoms with Gasteiger partial charge in [0.25, 0.3) is 0 Å². The third kappa shape index (κ3) is 8.03. The predicted octanol–water partition coefficient (Wildman–Crippen LogP) is 5.57. The van der Waals surface area contributed by atoms with E-state index in [0.29, 0.717) is 27.8 Å². The van der Waals surface area contributed by atoms with E-state index in [9.17, 15) is 45.1 Å². The van der Waals surface area contributed by atoms with E-state index < -0.39 is 46.7 Å². The molecule has 226 valence electrons. The van der Waals surface area contributed by atoms with E-state index in [0.717, 1.165) is 5.56 Å². The summed E-state index contributed by atoms with van der Waals surface area (Å²) in [5, 5.41) is 13.4. The van der Waals surface area contributed by atoms with E-state index >= 15 is 0 Å². The van der Waals surface area contributed by atoms with Gasteiger partial charge in [-0.15, -0.1) is 0 Å². The molecule has 0 bridgehead atoms. The third-order valence-electron chi connectivity index (χ3n) is 6.20. The van der Waals surface area contributed by atoms with E-state index in [4.69, 9.17) is 0 Å². The monoisotopic (exact) mass is 613 g/mol. The molecule has 14 heteroatoms. The summed E-state index contributed by atoms with van der Waals surface area (Å²) in [6, 6.07) is 13.1. The predicted molar refractivity (Wildman–Crippen MR) is 146 cm³/mol. The van der Waals surface area contributed by atoms with Gasteiger partial charge in [-0.1, -0.05) is 54.1 Å². The van der Waals surface area contributed by atoms with Gasteiger partial charge in [0.1, 0.15) is 6.04 Å². The lowest BCUT2D eigenvalue weighted by molar-refractivity contribution is -0.278. The summed E-state index contributed by atoms with van der Waals surface area (Å²) >= 11 is 0. The van der Waals surface area contributed by atoms with Crippen molar-refractivity contribution in [2.45, 2.75) is 50.2 Å². The Balaban J connectivity index is 1.70. The molecule has 8 nitrogen and oxygen atoms in total. The first kappa shape index (κ1) is 32.5. The highest BCUT2D eigenvalue weighted by atomic mass is 32.2. The van der Waals surface area contributed by atoms with Gasteiger partial charge in [-0.25, -0.2) is 13.2 Å². The van der Waals surface area contributed by atoms with Crippen LogP contribution in [0, 0.1) is 20.8 Å². The summed E-state index contributed by atoms with van der Waals surface area (Å²) < 4.78 is 91.4. The largest absolute Gasteiger partial charge is 0.480 e. The number of aliphatic carboxylic acids is 1. The molecule has 3 aromatic carbocycles. The molecule has 42 heavy (non-hydrogen) atoms. The number of amides is 2. The van der Waals surface area contributed by atoms with Crippen molar-refractivity contribution in [1.82, 2.24) is 10.0 Å². The second-order valence-corrected chi connectivity index (χ2v) is 11.4. The average molecular weight is 614 g/mol. The number of hydrogen-bond donors (Lipinski definition) is 4. The highest BCUT2D eigenvalue weighted by Crippen LogP contribution is 2.34. The first-order valence-corrected chi connectivity index (χ1v) is 13.9. The summed E-state index contributed by atoms with van der Waals surface area (Å²) in [7, 11) is -4.16. The van der Waals surface area contributed by atoms with Crippen LogP contribution in [0.2, 0.25) is 0 Å². The highest BCUT2D eigenvalue weighted by molar-refractivity contribution is 7.89. The fraction of sp³-hybridized carbons (Fsp3) is 0.286. The number of sulfonamides is 1. The molecule has 0 aliphatic rings. The minimum absolute atomic E-state index is 0.0194. The van der Waals surface area contributed by atoms with Crippen molar-refractivity contribution in [2.24, 2.45) is 0 Å². The molecule has 0 aromatic heterocycles. The molecule has 4 N–H and O–H groups in total. The molecule has 2 amide bonds. The fourth-order valence-corrected chi connectivity index (χ4v) is 5.97. The van der Waals surface area contributed by atoms with Gasteiger partial charge in [0.05, 0.1) is 11.4 Å². The van der Waals surface area contributed by atoms with Gasteiger partial charge in [-0.3, -0.25) is 4.79 Å². The van der Waals surface area contributed by atoms with Gasteiger partial charge in [-0.2, -0.15) is 26.7 Å². The zero-order valence-electron chi connectivity index (χ0n) is 22.6. The Kier molecular flexibility index (Phi) is 9.63. The molecule has 0 aliphatic heterocycles. The molecular formula is C28H28F5N3O5S. The number of carboxylic acids is 1. The molecule has 1 unspecified atom stereocenters. The number of benzene rings is 3. The Labute approximate surface area is 239 Å². The van der Waals surface area contributed by atoms with Gasteiger partial charge in [0.15, 0.2) is 0 Å². The molecule has 3 rings (SSSR count). The topological polar surface area (TPSA) is 125 Å². The Morgan fingerprint density at radius 1 is 0.881 bits per heavy atom. The number of nitrogens with one attached hydrogen (secondary N) is 3. The maximum atomic E-state index is 13.1. The maximum Gasteiger partial charge on any atom is 0.455 e. The molecule has 0 radical (unpaired) electrons. The van der Waals surface area contributed by atoms with Gasteiger partial charge >= 0.3 is 24.1 Å². The van der Waals surface area contributed by atoms with E-state index in [1.807, 2.05) is 6.92 Å². The SMILES string of the molecule is Cc1cc(C)c(S(=O)(=O)NC(Cc2ccc(-c3cccc(NC(=O)NCC(F)(F)C(F)(F)F)c3)cc2)C(=O)O)c(C)c1. The van der Waals surface area contributed by atoms with Crippen molar-refractivity contribution in [3.05, 3.63) is 82.9 Å². The van der Waals surface area contributed by atoms with Crippen LogP contribution in [-0.2, 0) is 21.2 Å². The van der Waals surface area contributed by atoms with E-state index in [2.05, 4.69) is 10.0 Å². The molecule has 3 aromatic rings. The van der Waals surface area contributed by atoms with Crippen LogP contribution < -0.4 is 15.4 Å². The second-order valence-electron chi connectivity index (χ2n) is 9.73. The van der Waals surface area contributed by atoms with Gasteiger partial charge in [0, 0.05) is 5.69 Å². The number of alkyl halides is 5. The molecule has 0 aliphatic carbocycles. The molecule has 0 saturated carbocycles. The lowest BCUT2D eigenvalue weighted by Gasteiger charge is -2.20. The Morgan fingerprint density at radius 3 is 2.02 bits per heavy atom. The first-order chi connectivity index (χ1) is 19.4. The summed E-state index contributed by atoms with van der Waals surface area (Å²) in [6.45, 7) is 3.16. The van der Waals surface area contributed by atoms with Crippen LogP contribution in [0.4, 0.5) is 32.4 Å². The third-order valence-corrected chi connectivity index (χ3v) is 7.98. The van der Waals surface area contributed by atoms with Crippen LogP contribution in [0.3, 0.4) is 0 Å². The molecular weight excluding hydrogens is 585 g/mol. The number of rotatable bonds is 10. The minimum atomic E-state index is -5.81. The van der Waals surface area contributed by atoms with Gasteiger partial charge in [-0.05, 0) is 67.1 Å². The zero-order valence-corrected chi connectivity index (χ0v) is 23.5.